The lowest BCUT2D eigenvalue weighted by molar-refractivity contribution is 0.391. The molecule has 0 unspecified atom stereocenters. The zero-order valence-corrected chi connectivity index (χ0v) is 15.5. The monoisotopic (exact) mass is 375 g/mol. The average Bonchev–Trinajstić information content (AvgIpc) is 3.35. The summed E-state index contributed by atoms with van der Waals surface area (Å²) in [6.07, 6.45) is 3.88. The van der Waals surface area contributed by atoms with Gasteiger partial charge in [-0.25, -0.2) is 4.98 Å². The van der Waals surface area contributed by atoms with Gasteiger partial charge in [0.2, 0.25) is 16.9 Å². The largest absolute Gasteiger partial charge is 0.338 e. The molecule has 0 amide bonds. The van der Waals surface area contributed by atoms with Gasteiger partial charge in [-0.3, -0.25) is 5.10 Å². The Kier molecular flexibility index (Phi) is 5.11. The predicted molar refractivity (Wildman–Crippen MR) is 106 cm³/mol. The maximum absolute atomic E-state index is 5.33. The number of hydrogen-bond acceptors (Lipinski definition) is 6. The van der Waals surface area contributed by atoms with Gasteiger partial charge in [-0.1, -0.05) is 77.1 Å². The number of H-pyrrole nitrogens is 1. The Hall–Kier alpha value is -3.19. The Labute approximate surface area is 160 Å². The molecule has 0 aliphatic carbocycles. The van der Waals surface area contributed by atoms with Crippen molar-refractivity contribution in [1.82, 2.24) is 25.3 Å². The van der Waals surface area contributed by atoms with E-state index in [2.05, 4.69) is 25.3 Å². The summed E-state index contributed by atoms with van der Waals surface area (Å²) in [7, 11) is 0. The zero-order chi connectivity index (χ0) is 18.5. The van der Waals surface area contributed by atoms with Crippen molar-refractivity contribution in [3.8, 4) is 11.4 Å². The maximum atomic E-state index is 5.33. The van der Waals surface area contributed by atoms with Crippen LogP contribution in [0.5, 0.6) is 0 Å². The molecule has 1 N–H and O–H groups in total. The van der Waals surface area contributed by atoms with Crippen molar-refractivity contribution in [2.75, 3.05) is 0 Å². The van der Waals surface area contributed by atoms with Crippen LogP contribution in [0.15, 0.2) is 64.3 Å². The van der Waals surface area contributed by atoms with Gasteiger partial charge in [0.15, 0.2) is 0 Å². The second-order valence-electron chi connectivity index (χ2n) is 5.92. The molecule has 4 rings (SSSR count). The molecule has 2 heterocycles. The van der Waals surface area contributed by atoms with E-state index in [1.807, 2.05) is 73.7 Å². The molecule has 0 aliphatic heterocycles. The van der Waals surface area contributed by atoms with Gasteiger partial charge in [0.1, 0.15) is 5.82 Å². The van der Waals surface area contributed by atoms with E-state index in [-0.39, 0.29) is 0 Å². The highest BCUT2D eigenvalue weighted by molar-refractivity contribution is 7.98. The van der Waals surface area contributed by atoms with Crippen molar-refractivity contribution in [3.63, 3.8) is 0 Å². The van der Waals surface area contributed by atoms with Gasteiger partial charge in [0.05, 0.1) is 5.75 Å². The van der Waals surface area contributed by atoms with Crippen molar-refractivity contribution < 1.29 is 4.52 Å². The number of aryl methyl sites for hydroxylation is 1. The van der Waals surface area contributed by atoms with E-state index in [0.717, 1.165) is 16.7 Å². The summed E-state index contributed by atoms with van der Waals surface area (Å²) >= 11 is 1.44. The molecule has 6 nitrogen and oxygen atoms in total. The van der Waals surface area contributed by atoms with Gasteiger partial charge in [0.25, 0.3) is 0 Å². The molecule has 27 heavy (non-hydrogen) atoms. The normalized spacial score (nSPS) is 11.3. The first-order valence-corrected chi connectivity index (χ1v) is 9.43. The second-order valence-corrected chi connectivity index (χ2v) is 6.86. The molecule has 7 heteroatoms. The first kappa shape index (κ1) is 17.2. The third-order valence-electron chi connectivity index (χ3n) is 3.78. The summed E-state index contributed by atoms with van der Waals surface area (Å²) in [6, 6.07) is 18.1. The fourth-order valence-corrected chi connectivity index (χ4v) is 3.12. The molecule has 0 fully saturated rings. The van der Waals surface area contributed by atoms with Crippen LogP contribution < -0.4 is 0 Å². The van der Waals surface area contributed by atoms with E-state index < -0.39 is 0 Å². The topological polar surface area (TPSA) is 80.5 Å². The third kappa shape index (κ3) is 4.51. The van der Waals surface area contributed by atoms with Gasteiger partial charge in [-0.2, -0.15) is 4.98 Å². The standard InChI is InChI=1S/C20H17N5OS/c1-14-6-5-9-16(12-14)19-22-18(26-25-19)13-27-20-21-17(23-24-20)11-10-15-7-3-2-4-8-15/h2-12H,13H2,1H3,(H,21,23,24)/b11-10+. The minimum Gasteiger partial charge on any atom is -0.338 e. The van der Waals surface area contributed by atoms with Gasteiger partial charge >= 0.3 is 0 Å². The summed E-state index contributed by atoms with van der Waals surface area (Å²) in [4.78, 5) is 8.88. The van der Waals surface area contributed by atoms with Crippen molar-refractivity contribution in [1.29, 1.82) is 0 Å². The number of aromatic nitrogens is 5. The van der Waals surface area contributed by atoms with Gasteiger partial charge in [-0.15, -0.1) is 5.10 Å². The second kappa shape index (κ2) is 8.01. The number of nitrogens with one attached hydrogen (secondary N) is 1. The van der Waals surface area contributed by atoms with Crippen LogP contribution in [-0.4, -0.2) is 25.3 Å². The fourth-order valence-electron chi connectivity index (χ4n) is 2.48. The number of aromatic amines is 1. The lowest BCUT2D eigenvalue weighted by Gasteiger charge is -1.95. The first-order valence-electron chi connectivity index (χ1n) is 8.44. The van der Waals surface area contributed by atoms with Gasteiger partial charge in [0, 0.05) is 5.56 Å². The average molecular weight is 375 g/mol. The van der Waals surface area contributed by atoms with Crippen molar-refractivity contribution in [2.45, 2.75) is 17.8 Å². The van der Waals surface area contributed by atoms with Crippen LogP contribution in [0.25, 0.3) is 23.5 Å². The smallest absolute Gasteiger partial charge is 0.237 e. The molecule has 2 aromatic carbocycles. The molecule has 134 valence electrons. The molecular weight excluding hydrogens is 358 g/mol. The Morgan fingerprint density at radius 1 is 1.04 bits per heavy atom. The molecule has 0 saturated heterocycles. The molecule has 0 aliphatic rings. The Bertz CT molecular complexity index is 1050. The number of rotatable bonds is 6. The highest BCUT2D eigenvalue weighted by Gasteiger charge is 2.10. The number of nitrogens with zero attached hydrogens (tertiary/aromatic N) is 4. The Morgan fingerprint density at radius 2 is 1.93 bits per heavy atom. The van der Waals surface area contributed by atoms with E-state index in [4.69, 9.17) is 4.52 Å². The van der Waals surface area contributed by atoms with E-state index in [1.54, 1.807) is 0 Å². The SMILES string of the molecule is Cc1cccc(-c2noc(CSc3n[nH]c(/C=C/c4ccccc4)n3)n2)c1. The molecule has 0 saturated carbocycles. The minimum absolute atomic E-state index is 0.512. The van der Waals surface area contributed by atoms with Crippen LogP contribution in [0.3, 0.4) is 0 Å². The summed E-state index contributed by atoms with van der Waals surface area (Å²) in [6.45, 7) is 2.04. The quantitative estimate of drug-likeness (QED) is 0.495. The summed E-state index contributed by atoms with van der Waals surface area (Å²) < 4.78 is 5.33. The number of thioether (sulfide) groups is 1. The molecule has 4 aromatic rings. The van der Waals surface area contributed by atoms with E-state index in [0.29, 0.717) is 28.4 Å². The predicted octanol–water partition coefficient (Wildman–Crippen LogP) is 4.63. The lowest BCUT2D eigenvalue weighted by atomic mass is 10.1. The molecular formula is C20H17N5OS. The number of benzene rings is 2. The molecule has 0 spiro atoms. The summed E-state index contributed by atoms with van der Waals surface area (Å²) in [5.41, 5.74) is 3.21. The van der Waals surface area contributed by atoms with Crippen LogP contribution in [0.2, 0.25) is 0 Å². The Balaban J connectivity index is 1.37. The van der Waals surface area contributed by atoms with Crippen LogP contribution >= 0.6 is 11.8 Å². The van der Waals surface area contributed by atoms with Crippen molar-refractivity contribution in [3.05, 3.63) is 77.4 Å². The van der Waals surface area contributed by atoms with Crippen LogP contribution in [-0.2, 0) is 5.75 Å². The van der Waals surface area contributed by atoms with Gasteiger partial charge in [-0.05, 0) is 24.6 Å². The van der Waals surface area contributed by atoms with Crippen LogP contribution in [0, 0.1) is 6.92 Å². The fraction of sp³-hybridized carbons (Fsp3) is 0.100. The summed E-state index contributed by atoms with van der Waals surface area (Å²) in [5, 5.41) is 11.8. The van der Waals surface area contributed by atoms with Gasteiger partial charge < -0.3 is 4.52 Å². The van der Waals surface area contributed by atoms with Crippen LogP contribution in [0.1, 0.15) is 22.8 Å². The molecule has 0 bridgehead atoms. The number of hydrogen-bond donors (Lipinski definition) is 1. The minimum atomic E-state index is 0.512. The Morgan fingerprint density at radius 3 is 2.78 bits per heavy atom. The first-order chi connectivity index (χ1) is 13.3. The van der Waals surface area contributed by atoms with E-state index in [9.17, 15) is 0 Å². The van der Waals surface area contributed by atoms with Crippen molar-refractivity contribution in [2.24, 2.45) is 0 Å². The highest BCUT2D eigenvalue weighted by atomic mass is 32.2. The van der Waals surface area contributed by atoms with Crippen molar-refractivity contribution >= 4 is 23.9 Å². The highest BCUT2D eigenvalue weighted by Crippen LogP contribution is 2.22. The zero-order valence-electron chi connectivity index (χ0n) is 14.7. The molecule has 2 aromatic heterocycles. The molecule has 0 radical (unpaired) electrons. The lowest BCUT2D eigenvalue weighted by Crippen LogP contribution is -1.84. The third-order valence-corrected chi connectivity index (χ3v) is 4.62. The van der Waals surface area contributed by atoms with E-state index in [1.165, 1.54) is 11.8 Å². The molecule has 0 atom stereocenters. The maximum Gasteiger partial charge on any atom is 0.237 e. The van der Waals surface area contributed by atoms with E-state index >= 15 is 0 Å². The summed E-state index contributed by atoms with van der Waals surface area (Å²) in [5.74, 6) is 2.35. The van der Waals surface area contributed by atoms with Crippen LogP contribution in [0.4, 0.5) is 0 Å².